The van der Waals surface area contributed by atoms with Gasteiger partial charge in [0.15, 0.2) is 0 Å². The van der Waals surface area contributed by atoms with Crippen molar-refractivity contribution in [2.75, 3.05) is 0 Å². The first-order valence-electron chi connectivity index (χ1n) is 0.224. The Kier molecular flexibility index (Phi) is 99.2. The van der Waals surface area contributed by atoms with E-state index in [1.54, 1.807) is 0 Å². The van der Waals surface area contributed by atoms with Gasteiger partial charge in [0.25, 0.3) is 0 Å². The van der Waals surface area contributed by atoms with Crippen LogP contribution >= 0.6 is 0 Å². The van der Waals surface area contributed by atoms with Crippen LogP contribution in [0.15, 0.2) is 0 Å². The fraction of sp³-hybridized carbons (Fsp3) is 0. The van der Waals surface area contributed by atoms with Gasteiger partial charge in [-0.1, -0.05) is 0 Å². The Bertz CT molecular complexity index is 12.8. The monoisotopic (exact) mass is 121 g/mol. The number of nitrogens with zero attached hydrogens (tertiary/aromatic N) is 1. The summed E-state index contributed by atoms with van der Waals surface area (Å²) in [5.41, 5.74) is 0. The fourth-order valence-electron chi connectivity index (χ4n) is 0. The molecule has 0 rings (SSSR count). The Hall–Kier alpha value is 1.65. The topological polar surface area (TPSA) is 23.8 Å². The van der Waals surface area contributed by atoms with E-state index in [0.717, 1.165) is 0 Å². The molecule has 3 heteroatoms. The minimum Gasteiger partial charge on any atom is -0.512 e. The predicted molar refractivity (Wildman–Crippen MR) is 4.97 cm³/mol. The van der Waals surface area contributed by atoms with Gasteiger partial charge in [-0.25, -0.2) is 0 Å². The minimum absolute atomic E-state index is 0. The molecule has 0 amide bonds. The van der Waals surface area contributed by atoms with Gasteiger partial charge >= 0.3 is 68.5 Å². The van der Waals surface area contributed by atoms with Crippen LogP contribution in [0, 0.1) is 11.8 Å². The second kappa shape index (κ2) is 22.8. The molecule has 0 saturated carbocycles. The molecule has 0 heterocycles. The quantitative estimate of drug-likeness (QED) is 0.249. The Morgan fingerprint density at radius 1 is 1.25 bits per heavy atom. The zero-order chi connectivity index (χ0) is 2.00. The molecule has 0 aromatic carbocycles. The van der Waals surface area contributed by atoms with Crippen LogP contribution < -0.4 is 51.4 Å². The van der Waals surface area contributed by atoms with Crippen molar-refractivity contribution in [3.05, 3.63) is 6.57 Å². The third-order valence-electron chi connectivity index (χ3n) is 0. The van der Waals surface area contributed by atoms with E-state index in [4.69, 9.17) is 11.8 Å². The van der Waals surface area contributed by atoms with Crippen molar-refractivity contribution in [1.29, 1.82) is 5.26 Å². The predicted octanol–water partition coefficient (Wildman–Crippen LogP) is -2.90. The first-order chi connectivity index (χ1) is 1.00. The average molecular weight is 121 g/mol. The summed E-state index contributed by atoms with van der Waals surface area (Å²) in [5, 5.41) is 6.25. The van der Waals surface area contributed by atoms with Gasteiger partial charge in [0.2, 0.25) is 0 Å². The van der Waals surface area contributed by atoms with Crippen LogP contribution in [0.2, 0.25) is 0 Å². The maximum absolute atomic E-state index is 6.25. The second-order valence-electron chi connectivity index (χ2n) is 0. The summed E-state index contributed by atoms with van der Waals surface area (Å²) in [5.74, 6) is 0. The van der Waals surface area contributed by atoms with Gasteiger partial charge in [-0.05, 0) is 0 Å². The molecule has 4 heavy (non-hydrogen) atoms. The van der Waals surface area contributed by atoms with Crippen molar-refractivity contribution in [1.82, 2.24) is 0 Å². The van der Waals surface area contributed by atoms with E-state index >= 15 is 0 Å². The fourth-order valence-corrected chi connectivity index (χ4v) is 0. The molecule has 0 aromatic rings. The van der Waals surface area contributed by atoms with Crippen LogP contribution in [0.4, 0.5) is 0 Å². The van der Waals surface area contributed by atoms with Crippen LogP contribution in [0.1, 0.15) is 0 Å². The summed E-state index contributed by atoms with van der Waals surface area (Å²) < 4.78 is 0. The van der Waals surface area contributed by atoms with Gasteiger partial charge in [0.05, 0.1) is 0 Å². The zero-order valence-electron chi connectivity index (χ0n) is 2.30. The van der Waals surface area contributed by atoms with Crippen LogP contribution in [-0.4, -0.2) is 0 Å². The van der Waals surface area contributed by atoms with E-state index < -0.39 is 0 Å². The van der Waals surface area contributed by atoms with Crippen molar-refractivity contribution >= 4 is 0 Å². The average Bonchev–Trinajstić information content (AvgIpc) is 1.00. The Morgan fingerprint density at radius 2 is 1.25 bits per heavy atom. The van der Waals surface area contributed by atoms with Crippen LogP contribution in [-0.2, 0) is 17.1 Å². The molecule has 0 unspecified atom stereocenters. The van der Waals surface area contributed by atoms with Gasteiger partial charge < -0.3 is 11.8 Å². The minimum atomic E-state index is 0. The maximum Gasteiger partial charge on any atom is 3.00 e. The normalized spacial score (nSPS) is 0.500. The van der Waals surface area contributed by atoms with E-state index in [1.165, 1.54) is 0 Å². The molecule has 0 atom stereocenters. The number of hydrogen-bond acceptors (Lipinski definition) is 1. The molecule has 0 saturated heterocycles. The molecular weight excluding hydrogens is 121 g/mol. The van der Waals surface area contributed by atoms with Gasteiger partial charge in [-0.3, -0.25) is 0 Å². The summed E-state index contributed by atoms with van der Waals surface area (Å²) in [6, 6.07) is 0. The van der Waals surface area contributed by atoms with Crippen LogP contribution in [0.3, 0.4) is 0 Å². The van der Waals surface area contributed by atoms with Crippen molar-refractivity contribution in [2.45, 2.75) is 0 Å². The van der Waals surface area contributed by atoms with Crippen molar-refractivity contribution in [3.8, 4) is 0 Å². The SMILES string of the molecule is [C-]#N.[Fe+3].[K+]. The summed E-state index contributed by atoms with van der Waals surface area (Å²) in [6.45, 7) is 4.75. The molecule has 0 spiro atoms. The summed E-state index contributed by atoms with van der Waals surface area (Å²) in [7, 11) is 0. The Morgan fingerprint density at radius 3 is 1.25 bits per heavy atom. The second-order valence-corrected chi connectivity index (χ2v) is 0. The molecule has 0 aliphatic rings. The molecular formula is CFeKN+3. The first-order valence-corrected chi connectivity index (χ1v) is 0.224. The largest absolute Gasteiger partial charge is 3.00 e. The van der Waals surface area contributed by atoms with E-state index in [-0.39, 0.29) is 68.5 Å². The van der Waals surface area contributed by atoms with Crippen molar-refractivity contribution < 1.29 is 68.5 Å². The summed E-state index contributed by atoms with van der Waals surface area (Å²) in [6.07, 6.45) is 0. The van der Waals surface area contributed by atoms with Crippen LogP contribution in [0.5, 0.6) is 0 Å². The third-order valence-corrected chi connectivity index (χ3v) is 0. The van der Waals surface area contributed by atoms with E-state index in [1.807, 2.05) is 0 Å². The Labute approximate surface area is 78.7 Å². The summed E-state index contributed by atoms with van der Waals surface area (Å²) in [4.78, 5) is 0. The van der Waals surface area contributed by atoms with Crippen LogP contribution in [0.25, 0.3) is 0 Å². The van der Waals surface area contributed by atoms with Crippen molar-refractivity contribution in [3.63, 3.8) is 0 Å². The molecule has 15 valence electrons. The molecule has 0 bridgehead atoms. The van der Waals surface area contributed by atoms with E-state index in [0.29, 0.717) is 0 Å². The molecule has 0 N–H and O–H groups in total. The van der Waals surface area contributed by atoms with Gasteiger partial charge in [0.1, 0.15) is 0 Å². The molecule has 1 nitrogen and oxygen atoms in total. The molecule has 1 radical (unpaired) electrons. The van der Waals surface area contributed by atoms with Gasteiger partial charge in [-0.2, -0.15) is 0 Å². The zero-order valence-corrected chi connectivity index (χ0v) is 6.53. The summed E-state index contributed by atoms with van der Waals surface area (Å²) >= 11 is 0. The van der Waals surface area contributed by atoms with Gasteiger partial charge in [0, 0.05) is 0 Å². The van der Waals surface area contributed by atoms with Crippen molar-refractivity contribution in [2.24, 2.45) is 0 Å². The molecule has 0 fully saturated rings. The van der Waals surface area contributed by atoms with E-state index in [9.17, 15) is 0 Å². The Balaban J connectivity index is -0.00000000500. The maximum atomic E-state index is 6.25. The first kappa shape index (κ1) is 17.4. The third kappa shape index (κ3) is 9.42. The number of rotatable bonds is 0. The number of hydrogen-bond donors (Lipinski definition) is 0. The van der Waals surface area contributed by atoms with E-state index in [2.05, 4.69) is 0 Å². The smallest absolute Gasteiger partial charge is 0.512 e. The molecule has 0 aromatic heterocycles. The standard InChI is InChI=1S/CN.Fe.K/c1-2;;/q-1;+3;+1. The molecule has 0 aliphatic carbocycles. The van der Waals surface area contributed by atoms with Gasteiger partial charge in [-0.15, -0.1) is 0 Å². The molecule has 0 aliphatic heterocycles.